The van der Waals surface area contributed by atoms with Crippen molar-refractivity contribution in [2.45, 2.75) is 20.0 Å². The van der Waals surface area contributed by atoms with Gasteiger partial charge in [0.15, 0.2) is 0 Å². The van der Waals surface area contributed by atoms with Gasteiger partial charge in [-0.1, -0.05) is 33.6 Å². The number of aryl methyl sites for hydroxylation is 2. The van der Waals surface area contributed by atoms with Crippen molar-refractivity contribution in [3.05, 3.63) is 63.1 Å². The van der Waals surface area contributed by atoms with E-state index < -0.39 is 6.10 Å². The lowest BCUT2D eigenvalue weighted by atomic mass is 9.96. The van der Waals surface area contributed by atoms with E-state index in [9.17, 15) is 5.11 Å². The van der Waals surface area contributed by atoms with Gasteiger partial charge < -0.3 is 9.84 Å². The molecule has 0 radical (unpaired) electrons. The molecule has 2 rings (SSSR count). The lowest BCUT2D eigenvalue weighted by Crippen LogP contribution is -2.04. The minimum Gasteiger partial charge on any atom is -0.496 e. The molecule has 0 saturated carbocycles. The summed E-state index contributed by atoms with van der Waals surface area (Å²) < 4.78 is 6.30. The molecule has 0 heterocycles. The Morgan fingerprint density at radius 1 is 1.05 bits per heavy atom. The number of aliphatic hydroxyl groups excluding tert-OH is 1. The zero-order valence-corrected chi connectivity index (χ0v) is 12.9. The average Bonchev–Trinajstić information content (AvgIpc) is 2.40. The van der Waals surface area contributed by atoms with E-state index in [1.54, 1.807) is 7.11 Å². The summed E-state index contributed by atoms with van der Waals surface area (Å²) in [6.07, 6.45) is -0.688. The summed E-state index contributed by atoms with van der Waals surface area (Å²) >= 11 is 3.44. The van der Waals surface area contributed by atoms with Crippen LogP contribution in [0, 0.1) is 13.8 Å². The molecule has 0 saturated heterocycles. The maximum absolute atomic E-state index is 10.6. The number of aliphatic hydroxyl groups is 1. The van der Waals surface area contributed by atoms with Crippen molar-refractivity contribution in [2.24, 2.45) is 0 Å². The maximum Gasteiger partial charge on any atom is 0.125 e. The molecule has 2 aromatic rings. The van der Waals surface area contributed by atoms with Crippen LogP contribution < -0.4 is 4.74 Å². The summed E-state index contributed by atoms with van der Waals surface area (Å²) in [5.41, 5.74) is 3.84. The number of rotatable bonds is 3. The Hall–Kier alpha value is -1.32. The van der Waals surface area contributed by atoms with Gasteiger partial charge in [0.1, 0.15) is 11.9 Å². The minimum atomic E-state index is -0.688. The molecule has 0 bridgehead atoms. The molecule has 0 aliphatic carbocycles. The molecule has 3 heteroatoms. The third kappa shape index (κ3) is 2.99. The van der Waals surface area contributed by atoms with Crippen molar-refractivity contribution >= 4 is 15.9 Å². The zero-order valence-electron chi connectivity index (χ0n) is 11.3. The van der Waals surface area contributed by atoms with Gasteiger partial charge in [0.05, 0.1) is 7.11 Å². The second-order valence-electron chi connectivity index (χ2n) is 4.65. The quantitative estimate of drug-likeness (QED) is 0.920. The topological polar surface area (TPSA) is 29.5 Å². The Labute approximate surface area is 122 Å². The van der Waals surface area contributed by atoms with Crippen molar-refractivity contribution < 1.29 is 9.84 Å². The average molecular weight is 321 g/mol. The van der Waals surface area contributed by atoms with Gasteiger partial charge in [-0.2, -0.15) is 0 Å². The number of benzene rings is 2. The number of methoxy groups -OCH3 is 1. The minimum absolute atomic E-state index is 0.688. The second kappa shape index (κ2) is 5.76. The molecule has 2 aromatic carbocycles. The van der Waals surface area contributed by atoms with Crippen LogP contribution >= 0.6 is 15.9 Å². The molecule has 0 fully saturated rings. The summed E-state index contributed by atoms with van der Waals surface area (Å²) in [6, 6.07) is 11.7. The fourth-order valence-electron chi connectivity index (χ4n) is 2.14. The predicted octanol–water partition coefficient (Wildman–Crippen LogP) is 4.16. The van der Waals surface area contributed by atoms with Gasteiger partial charge in [0, 0.05) is 10.0 Å². The van der Waals surface area contributed by atoms with E-state index in [1.807, 2.05) is 50.2 Å². The zero-order chi connectivity index (χ0) is 14.0. The SMILES string of the molecule is COc1ccc(C)cc1C(O)c1cc(Br)ccc1C. The molecule has 1 unspecified atom stereocenters. The Kier molecular flexibility index (Phi) is 4.27. The molecule has 1 atom stereocenters. The van der Waals surface area contributed by atoms with Gasteiger partial charge in [0.25, 0.3) is 0 Å². The van der Waals surface area contributed by atoms with E-state index in [0.717, 1.165) is 26.7 Å². The fraction of sp³-hybridized carbons (Fsp3) is 0.250. The lowest BCUT2D eigenvalue weighted by Gasteiger charge is -2.18. The van der Waals surface area contributed by atoms with E-state index in [2.05, 4.69) is 15.9 Å². The van der Waals surface area contributed by atoms with Crippen molar-refractivity contribution in [3.63, 3.8) is 0 Å². The van der Waals surface area contributed by atoms with E-state index in [4.69, 9.17) is 4.74 Å². The molecule has 0 aliphatic rings. The third-order valence-electron chi connectivity index (χ3n) is 3.22. The molecule has 19 heavy (non-hydrogen) atoms. The van der Waals surface area contributed by atoms with Gasteiger partial charge in [-0.25, -0.2) is 0 Å². The molecular formula is C16H17BrO2. The van der Waals surface area contributed by atoms with Crippen LogP contribution in [0.1, 0.15) is 28.4 Å². The van der Waals surface area contributed by atoms with Gasteiger partial charge in [0.2, 0.25) is 0 Å². The summed E-state index contributed by atoms with van der Waals surface area (Å²) in [6.45, 7) is 4.00. The first kappa shape index (κ1) is 14.1. The first-order valence-corrected chi connectivity index (χ1v) is 6.91. The van der Waals surface area contributed by atoms with Crippen LogP contribution in [0.5, 0.6) is 5.75 Å². The third-order valence-corrected chi connectivity index (χ3v) is 3.71. The van der Waals surface area contributed by atoms with Gasteiger partial charge in [-0.3, -0.25) is 0 Å². The number of hydrogen-bond donors (Lipinski definition) is 1. The van der Waals surface area contributed by atoms with Crippen LogP contribution in [0.15, 0.2) is 40.9 Å². The highest BCUT2D eigenvalue weighted by Gasteiger charge is 2.17. The standard InChI is InChI=1S/C16H17BrO2/c1-10-4-7-15(19-3)14(8-10)16(18)13-9-12(17)6-5-11(13)2/h4-9,16,18H,1-3H3. The highest BCUT2D eigenvalue weighted by atomic mass is 79.9. The summed E-state index contributed by atoms with van der Waals surface area (Å²) in [7, 11) is 1.62. The summed E-state index contributed by atoms with van der Waals surface area (Å²) in [4.78, 5) is 0. The molecule has 2 nitrogen and oxygen atoms in total. The molecule has 0 amide bonds. The number of halogens is 1. The summed E-state index contributed by atoms with van der Waals surface area (Å²) in [5, 5.41) is 10.6. The molecule has 100 valence electrons. The van der Waals surface area contributed by atoms with Crippen LogP contribution in [-0.4, -0.2) is 12.2 Å². The first-order valence-electron chi connectivity index (χ1n) is 6.11. The first-order chi connectivity index (χ1) is 9.02. The number of ether oxygens (including phenoxy) is 1. The van der Waals surface area contributed by atoms with Gasteiger partial charge in [-0.05, 0) is 49.2 Å². The Morgan fingerprint density at radius 2 is 1.79 bits per heavy atom. The molecular weight excluding hydrogens is 304 g/mol. The van der Waals surface area contributed by atoms with Crippen LogP contribution in [0.4, 0.5) is 0 Å². The summed E-state index contributed by atoms with van der Waals surface area (Å²) in [5.74, 6) is 0.706. The van der Waals surface area contributed by atoms with Crippen molar-refractivity contribution in [3.8, 4) is 5.75 Å². The largest absolute Gasteiger partial charge is 0.496 e. The Bertz CT molecular complexity index is 593. The van der Waals surface area contributed by atoms with E-state index >= 15 is 0 Å². The fourth-order valence-corrected chi connectivity index (χ4v) is 2.52. The van der Waals surface area contributed by atoms with Crippen LogP contribution in [0.3, 0.4) is 0 Å². The molecule has 1 N–H and O–H groups in total. The van der Waals surface area contributed by atoms with Crippen molar-refractivity contribution in [1.29, 1.82) is 0 Å². The Morgan fingerprint density at radius 3 is 2.47 bits per heavy atom. The smallest absolute Gasteiger partial charge is 0.125 e. The predicted molar refractivity (Wildman–Crippen MR) is 80.7 cm³/mol. The molecule has 0 aromatic heterocycles. The van der Waals surface area contributed by atoms with E-state index in [-0.39, 0.29) is 0 Å². The van der Waals surface area contributed by atoms with Crippen LogP contribution in [0.25, 0.3) is 0 Å². The van der Waals surface area contributed by atoms with Gasteiger partial charge in [-0.15, -0.1) is 0 Å². The Balaban J connectivity index is 2.51. The van der Waals surface area contributed by atoms with Crippen LogP contribution in [-0.2, 0) is 0 Å². The van der Waals surface area contributed by atoms with Gasteiger partial charge >= 0.3 is 0 Å². The van der Waals surface area contributed by atoms with E-state index in [1.165, 1.54) is 0 Å². The number of hydrogen-bond acceptors (Lipinski definition) is 2. The van der Waals surface area contributed by atoms with E-state index in [0.29, 0.717) is 5.75 Å². The van der Waals surface area contributed by atoms with Crippen molar-refractivity contribution in [2.75, 3.05) is 7.11 Å². The molecule has 0 spiro atoms. The maximum atomic E-state index is 10.6. The second-order valence-corrected chi connectivity index (χ2v) is 5.56. The highest BCUT2D eigenvalue weighted by molar-refractivity contribution is 9.10. The van der Waals surface area contributed by atoms with Crippen molar-refractivity contribution in [1.82, 2.24) is 0 Å². The highest BCUT2D eigenvalue weighted by Crippen LogP contribution is 2.33. The lowest BCUT2D eigenvalue weighted by molar-refractivity contribution is 0.214. The normalized spacial score (nSPS) is 12.3. The molecule has 0 aliphatic heterocycles. The monoisotopic (exact) mass is 320 g/mol. The van der Waals surface area contributed by atoms with Crippen LogP contribution in [0.2, 0.25) is 0 Å².